The molecule has 0 radical (unpaired) electrons. The Labute approximate surface area is 193 Å². The van der Waals surface area contributed by atoms with Crippen molar-refractivity contribution in [1.29, 1.82) is 0 Å². The van der Waals surface area contributed by atoms with E-state index in [9.17, 15) is 4.79 Å². The summed E-state index contributed by atoms with van der Waals surface area (Å²) in [7, 11) is 2.96. The van der Waals surface area contributed by atoms with Crippen LogP contribution < -0.4 is 15.2 Å². The summed E-state index contributed by atoms with van der Waals surface area (Å²) >= 11 is 1.40. The number of amides is 1. The van der Waals surface area contributed by atoms with Gasteiger partial charge in [0.1, 0.15) is 17.6 Å². The van der Waals surface area contributed by atoms with Crippen molar-refractivity contribution in [2.24, 2.45) is 0 Å². The number of rotatable bonds is 5. The molecular weight excluding hydrogens is 445 g/mol. The van der Waals surface area contributed by atoms with E-state index in [0.29, 0.717) is 40.3 Å². The predicted molar refractivity (Wildman–Crippen MR) is 125 cm³/mol. The van der Waals surface area contributed by atoms with Gasteiger partial charge < -0.3 is 20.1 Å². The van der Waals surface area contributed by atoms with Crippen LogP contribution in [0.3, 0.4) is 0 Å². The number of hydrogen-bond donors (Lipinski definition) is 1. The van der Waals surface area contributed by atoms with E-state index >= 15 is 4.39 Å². The number of nitrogens with zero attached hydrogens (tertiary/aromatic N) is 4. The lowest BCUT2D eigenvalue weighted by Crippen LogP contribution is -2.26. The zero-order valence-electron chi connectivity index (χ0n) is 18.2. The Morgan fingerprint density at radius 2 is 2.09 bits per heavy atom. The molecule has 1 amide bonds. The zero-order chi connectivity index (χ0) is 23.3. The van der Waals surface area contributed by atoms with Gasteiger partial charge in [0.25, 0.3) is 0 Å². The number of aromatic nitrogens is 3. The number of likely N-dealkylation sites (tertiary alicyclic amines) is 1. The van der Waals surface area contributed by atoms with Gasteiger partial charge in [0.2, 0.25) is 5.91 Å². The van der Waals surface area contributed by atoms with E-state index < -0.39 is 5.82 Å². The number of nitrogen functional groups attached to an aromatic ring is 1. The van der Waals surface area contributed by atoms with Crippen molar-refractivity contribution in [3.63, 3.8) is 0 Å². The zero-order valence-corrected chi connectivity index (χ0v) is 19.0. The van der Waals surface area contributed by atoms with Crippen molar-refractivity contribution in [3.8, 4) is 21.9 Å². The quantitative estimate of drug-likeness (QED) is 0.448. The highest BCUT2D eigenvalue weighted by Crippen LogP contribution is 2.45. The summed E-state index contributed by atoms with van der Waals surface area (Å²) in [5.74, 6) is 0.511. The van der Waals surface area contributed by atoms with Gasteiger partial charge in [-0.05, 0) is 24.6 Å². The minimum Gasteiger partial charge on any atom is -0.495 e. The van der Waals surface area contributed by atoms with Crippen LogP contribution in [0, 0.1) is 5.82 Å². The third-order valence-electron chi connectivity index (χ3n) is 6.08. The molecule has 1 fully saturated rings. The molecule has 4 heterocycles. The summed E-state index contributed by atoms with van der Waals surface area (Å²) in [4.78, 5) is 18.8. The summed E-state index contributed by atoms with van der Waals surface area (Å²) in [5, 5.41) is 4.85. The van der Waals surface area contributed by atoms with Crippen LogP contribution in [0.4, 0.5) is 10.2 Å². The molecule has 8 nitrogen and oxygen atoms in total. The van der Waals surface area contributed by atoms with Crippen molar-refractivity contribution >= 4 is 38.7 Å². The molecule has 2 N–H and O–H groups in total. The Morgan fingerprint density at radius 1 is 1.30 bits per heavy atom. The maximum atomic E-state index is 15.0. The lowest BCUT2D eigenvalue weighted by molar-refractivity contribution is -0.125. The molecule has 0 spiro atoms. The van der Waals surface area contributed by atoms with Gasteiger partial charge in [-0.15, -0.1) is 11.3 Å². The van der Waals surface area contributed by atoms with E-state index in [2.05, 4.69) is 16.7 Å². The maximum Gasteiger partial charge on any atom is 0.245 e. The van der Waals surface area contributed by atoms with Crippen molar-refractivity contribution in [3.05, 3.63) is 48.7 Å². The first-order valence-electron chi connectivity index (χ1n) is 10.3. The van der Waals surface area contributed by atoms with Crippen LogP contribution in [-0.2, 0) is 4.79 Å². The Morgan fingerprint density at radius 3 is 2.82 bits per heavy atom. The molecule has 0 bridgehead atoms. The molecule has 1 unspecified atom stereocenters. The third kappa shape index (κ3) is 3.29. The molecule has 33 heavy (non-hydrogen) atoms. The van der Waals surface area contributed by atoms with Crippen LogP contribution in [-0.4, -0.2) is 52.7 Å². The molecule has 1 aliphatic rings. The Hall–Kier alpha value is -3.66. The number of carbonyl (C=O) groups excluding carboxylic acids is 1. The van der Waals surface area contributed by atoms with Crippen LogP contribution in [0.1, 0.15) is 18.0 Å². The van der Waals surface area contributed by atoms with Crippen molar-refractivity contribution in [2.75, 3.05) is 33.0 Å². The van der Waals surface area contributed by atoms with E-state index in [4.69, 9.17) is 15.2 Å². The summed E-state index contributed by atoms with van der Waals surface area (Å²) in [6.07, 6.45) is 3.54. The second-order valence-electron chi connectivity index (χ2n) is 7.81. The van der Waals surface area contributed by atoms with Gasteiger partial charge in [0.05, 0.1) is 18.9 Å². The highest BCUT2D eigenvalue weighted by atomic mass is 32.1. The van der Waals surface area contributed by atoms with Gasteiger partial charge in [-0.2, -0.15) is 5.10 Å². The molecule has 10 heteroatoms. The Bertz CT molecular complexity index is 1410. The fraction of sp³-hybridized carbons (Fsp3) is 0.261. The van der Waals surface area contributed by atoms with E-state index in [1.807, 2.05) is 6.07 Å². The molecule has 3 aromatic heterocycles. The minimum atomic E-state index is -0.446. The maximum absolute atomic E-state index is 15.0. The number of benzene rings is 1. The van der Waals surface area contributed by atoms with Gasteiger partial charge in [0.15, 0.2) is 17.4 Å². The average molecular weight is 468 g/mol. The second-order valence-corrected chi connectivity index (χ2v) is 8.86. The standard InChI is InChI=1S/C23H22FN5O3S/c1-4-19(30)28-6-5-12(10-28)15-7-13(21-23(25)26-11-27-29(15)21)18-8-14-20(24)16(31-2)9-17(32-3)22(14)33-18/h4,7-9,11-12H,1,5-6,10H2,2-3H3,(H2,25,26,27). The molecule has 1 atom stereocenters. The number of halogens is 1. The molecule has 0 saturated carbocycles. The SMILES string of the molecule is C=CC(=O)N1CCC(c2cc(-c3cc4c(F)c(OC)cc(OC)c4s3)c3c(N)ncnn23)C1. The first-order valence-corrected chi connectivity index (χ1v) is 11.2. The summed E-state index contributed by atoms with van der Waals surface area (Å²) in [6, 6.07) is 5.33. The number of carbonyl (C=O) groups is 1. The molecule has 170 valence electrons. The topological polar surface area (TPSA) is 95.0 Å². The van der Waals surface area contributed by atoms with E-state index in [0.717, 1.165) is 22.6 Å². The van der Waals surface area contributed by atoms with Crippen LogP contribution in [0.2, 0.25) is 0 Å². The second kappa shape index (κ2) is 8.04. The Balaban J connectivity index is 1.68. The van der Waals surface area contributed by atoms with Crippen LogP contribution in [0.25, 0.3) is 26.0 Å². The number of ether oxygens (including phenoxy) is 2. The van der Waals surface area contributed by atoms with E-state index in [1.54, 1.807) is 28.7 Å². The molecular formula is C23H22FN5O3S. The lowest BCUT2D eigenvalue weighted by Gasteiger charge is -2.14. The Kier molecular flexibility index (Phi) is 5.16. The van der Waals surface area contributed by atoms with Crippen LogP contribution in [0.5, 0.6) is 11.5 Å². The van der Waals surface area contributed by atoms with Gasteiger partial charge in [0, 0.05) is 46.6 Å². The normalized spacial score (nSPS) is 16.0. The highest BCUT2D eigenvalue weighted by molar-refractivity contribution is 7.22. The largest absolute Gasteiger partial charge is 0.495 e. The lowest BCUT2D eigenvalue weighted by atomic mass is 10.0. The molecule has 1 saturated heterocycles. The van der Waals surface area contributed by atoms with Crippen molar-refractivity contribution < 1.29 is 18.7 Å². The molecule has 0 aliphatic carbocycles. The summed E-state index contributed by atoms with van der Waals surface area (Å²) in [5.41, 5.74) is 8.65. The number of methoxy groups -OCH3 is 2. The predicted octanol–water partition coefficient (Wildman–Crippen LogP) is 3.85. The monoisotopic (exact) mass is 467 g/mol. The molecule has 5 rings (SSSR count). The van der Waals surface area contributed by atoms with Crippen LogP contribution >= 0.6 is 11.3 Å². The highest BCUT2D eigenvalue weighted by Gasteiger charge is 2.30. The third-order valence-corrected chi connectivity index (χ3v) is 7.26. The van der Waals surface area contributed by atoms with Crippen LogP contribution in [0.15, 0.2) is 37.2 Å². The fourth-order valence-electron chi connectivity index (χ4n) is 4.45. The van der Waals surface area contributed by atoms with Crippen molar-refractivity contribution in [1.82, 2.24) is 19.5 Å². The number of fused-ring (bicyclic) bond motifs is 2. The van der Waals surface area contributed by atoms with Gasteiger partial charge in [-0.25, -0.2) is 13.9 Å². The summed E-state index contributed by atoms with van der Waals surface area (Å²) < 4.78 is 28.1. The number of anilines is 1. The molecule has 1 aromatic carbocycles. The number of nitrogens with two attached hydrogens (primary N) is 1. The molecule has 1 aliphatic heterocycles. The molecule has 4 aromatic rings. The van der Waals surface area contributed by atoms with E-state index in [1.165, 1.54) is 30.8 Å². The first-order chi connectivity index (χ1) is 16.0. The van der Waals surface area contributed by atoms with Gasteiger partial charge in [-0.1, -0.05) is 6.58 Å². The number of hydrogen-bond acceptors (Lipinski definition) is 7. The number of thiophene rings is 1. The van der Waals surface area contributed by atoms with Gasteiger partial charge >= 0.3 is 0 Å². The average Bonchev–Trinajstić information content (AvgIpc) is 3.56. The fourth-order valence-corrected chi connectivity index (χ4v) is 5.62. The van der Waals surface area contributed by atoms with E-state index in [-0.39, 0.29) is 17.6 Å². The minimum absolute atomic E-state index is 0.0743. The van der Waals surface area contributed by atoms with Crippen molar-refractivity contribution in [2.45, 2.75) is 12.3 Å². The first kappa shape index (κ1) is 21.2. The van der Waals surface area contributed by atoms with Gasteiger partial charge in [-0.3, -0.25) is 4.79 Å². The summed E-state index contributed by atoms with van der Waals surface area (Å²) in [6.45, 7) is 4.79. The smallest absolute Gasteiger partial charge is 0.245 e.